The highest BCUT2D eigenvalue weighted by atomic mass is 16.7. The largest absolute Gasteiger partial charge is 0.480 e. The quantitative estimate of drug-likeness (QED) is 0.400. The van der Waals surface area contributed by atoms with E-state index >= 15 is 0 Å². The van der Waals surface area contributed by atoms with Crippen molar-refractivity contribution in [2.75, 3.05) is 13.2 Å². The van der Waals surface area contributed by atoms with Gasteiger partial charge in [0.1, 0.15) is 24.9 Å². The van der Waals surface area contributed by atoms with Crippen LogP contribution in [0.15, 0.2) is 0 Å². The Labute approximate surface area is 108 Å². The summed E-state index contributed by atoms with van der Waals surface area (Å²) in [7, 11) is 0. The van der Waals surface area contributed by atoms with Crippen molar-refractivity contribution in [1.29, 1.82) is 0 Å². The summed E-state index contributed by atoms with van der Waals surface area (Å²) in [5.41, 5.74) is 0. The second-order valence-corrected chi connectivity index (χ2v) is 3.99. The van der Waals surface area contributed by atoms with E-state index < -0.39 is 55.9 Å². The number of aliphatic carboxylic acids is 1. The van der Waals surface area contributed by atoms with Gasteiger partial charge in [0, 0.05) is 6.92 Å². The predicted octanol–water partition coefficient (Wildman–Crippen LogP) is -2.54. The van der Waals surface area contributed by atoms with Gasteiger partial charge in [-0.25, -0.2) is 4.79 Å². The molecule has 0 aromatic carbocycles. The molecular weight excluding hydrogens is 264 g/mol. The minimum atomic E-state index is -1.56. The zero-order chi connectivity index (χ0) is 14.6. The lowest BCUT2D eigenvalue weighted by molar-refractivity contribution is -0.302. The lowest BCUT2D eigenvalue weighted by Crippen LogP contribution is -2.60. The fourth-order valence-corrected chi connectivity index (χ4v) is 1.66. The first-order chi connectivity index (χ1) is 8.86. The molecule has 0 bridgehead atoms. The molecular formula is C10H16O9. The Hall–Kier alpha value is -1.26. The van der Waals surface area contributed by atoms with Crippen LogP contribution in [0, 0.1) is 0 Å². The van der Waals surface area contributed by atoms with Crippen LogP contribution in [0.4, 0.5) is 0 Å². The summed E-state index contributed by atoms with van der Waals surface area (Å²) in [6.07, 6.45) is -6.99. The number of esters is 1. The molecule has 0 radical (unpaired) electrons. The van der Waals surface area contributed by atoms with Crippen LogP contribution in [-0.4, -0.2) is 76.3 Å². The average molecular weight is 280 g/mol. The summed E-state index contributed by atoms with van der Waals surface area (Å²) in [5.74, 6) is -2.04. The summed E-state index contributed by atoms with van der Waals surface area (Å²) in [6.45, 7) is -0.285. The third-order valence-electron chi connectivity index (χ3n) is 2.50. The molecule has 9 nitrogen and oxygen atoms in total. The first kappa shape index (κ1) is 15.8. The molecule has 5 atom stereocenters. The summed E-state index contributed by atoms with van der Waals surface area (Å²) in [5, 5.41) is 36.9. The van der Waals surface area contributed by atoms with Gasteiger partial charge in [0.2, 0.25) is 0 Å². The number of hydrogen-bond acceptors (Lipinski definition) is 8. The second-order valence-electron chi connectivity index (χ2n) is 3.99. The molecule has 0 unspecified atom stereocenters. The average Bonchev–Trinajstić information content (AvgIpc) is 2.33. The van der Waals surface area contributed by atoms with Gasteiger partial charge in [-0.3, -0.25) is 4.79 Å². The van der Waals surface area contributed by atoms with Crippen LogP contribution in [0.25, 0.3) is 0 Å². The van der Waals surface area contributed by atoms with Gasteiger partial charge >= 0.3 is 11.9 Å². The Balaban J connectivity index is 2.79. The molecule has 0 saturated carbocycles. The maximum absolute atomic E-state index is 10.9. The SMILES string of the molecule is CC(=O)O[C@H]1[C@H](OCC(=O)O)O[C@H](CO)[C@@H](O)[C@@H]1O. The number of ether oxygens (including phenoxy) is 3. The van der Waals surface area contributed by atoms with Gasteiger partial charge in [0.15, 0.2) is 12.4 Å². The van der Waals surface area contributed by atoms with E-state index in [2.05, 4.69) is 0 Å². The molecule has 1 rings (SSSR count). The lowest BCUT2D eigenvalue weighted by atomic mass is 9.99. The van der Waals surface area contributed by atoms with Gasteiger partial charge in [-0.15, -0.1) is 0 Å². The minimum absolute atomic E-state index is 0.613. The Morgan fingerprint density at radius 1 is 1.26 bits per heavy atom. The fourth-order valence-electron chi connectivity index (χ4n) is 1.66. The van der Waals surface area contributed by atoms with E-state index in [9.17, 15) is 19.8 Å². The molecule has 4 N–H and O–H groups in total. The highest BCUT2D eigenvalue weighted by Crippen LogP contribution is 2.24. The molecule has 0 amide bonds. The number of rotatable bonds is 5. The van der Waals surface area contributed by atoms with E-state index in [0.29, 0.717) is 0 Å². The summed E-state index contributed by atoms with van der Waals surface area (Å²) in [6, 6.07) is 0. The number of carboxylic acids is 1. The van der Waals surface area contributed by atoms with E-state index in [1.807, 2.05) is 0 Å². The number of carbonyl (C=O) groups excluding carboxylic acids is 1. The van der Waals surface area contributed by atoms with Crippen molar-refractivity contribution in [3.05, 3.63) is 0 Å². The third kappa shape index (κ3) is 4.11. The van der Waals surface area contributed by atoms with Crippen molar-refractivity contribution in [3.63, 3.8) is 0 Å². The standard InChI is InChI=1S/C10H16O9/c1-4(12)18-9-8(16)7(15)5(2-11)19-10(9)17-3-6(13)14/h5,7-11,15-16H,2-3H2,1H3,(H,13,14)/t5-,7-,8+,9-,10-/m1/s1. The van der Waals surface area contributed by atoms with Crippen molar-refractivity contribution in [3.8, 4) is 0 Å². The van der Waals surface area contributed by atoms with Crippen molar-refractivity contribution in [2.45, 2.75) is 37.6 Å². The molecule has 0 spiro atoms. The zero-order valence-corrected chi connectivity index (χ0v) is 10.1. The van der Waals surface area contributed by atoms with Gasteiger partial charge < -0.3 is 34.6 Å². The summed E-state index contributed by atoms with van der Waals surface area (Å²) >= 11 is 0. The van der Waals surface area contributed by atoms with E-state index in [0.717, 1.165) is 6.92 Å². The predicted molar refractivity (Wildman–Crippen MR) is 56.9 cm³/mol. The minimum Gasteiger partial charge on any atom is -0.480 e. The van der Waals surface area contributed by atoms with Gasteiger partial charge in [0.05, 0.1) is 6.61 Å². The number of carboxylic acid groups (broad SMARTS) is 1. The van der Waals surface area contributed by atoms with Crippen LogP contribution in [0.5, 0.6) is 0 Å². The van der Waals surface area contributed by atoms with Crippen LogP contribution in [0.1, 0.15) is 6.92 Å². The Kier molecular flexibility index (Phi) is 5.63. The molecule has 1 heterocycles. The fraction of sp³-hybridized carbons (Fsp3) is 0.800. The smallest absolute Gasteiger partial charge is 0.329 e. The van der Waals surface area contributed by atoms with Crippen molar-refractivity contribution in [1.82, 2.24) is 0 Å². The lowest BCUT2D eigenvalue weighted by Gasteiger charge is -2.40. The highest BCUT2D eigenvalue weighted by Gasteiger charge is 2.47. The van der Waals surface area contributed by atoms with Crippen LogP contribution in [0.2, 0.25) is 0 Å². The number of carbonyl (C=O) groups is 2. The molecule has 1 aliphatic heterocycles. The van der Waals surface area contributed by atoms with E-state index in [1.165, 1.54) is 0 Å². The van der Waals surface area contributed by atoms with Crippen molar-refractivity contribution >= 4 is 11.9 Å². The molecule has 19 heavy (non-hydrogen) atoms. The first-order valence-electron chi connectivity index (χ1n) is 5.50. The second kappa shape index (κ2) is 6.78. The Morgan fingerprint density at radius 2 is 1.89 bits per heavy atom. The molecule has 9 heteroatoms. The molecule has 1 aliphatic rings. The van der Waals surface area contributed by atoms with Crippen molar-refractivity contribution in [2.24, 2.45) is 0 Å². The summed E-state index contributed by atoms with van der Waals surface area (Å²) < 4.78 is 14.6. The van der Waals surface area contributed by atoms with E-state index in [4.69, 9.17) is 24.4 Å². The van der Waals surface area contributed by atoms with E-state index in [1.54, 1.807) is 0 Å². The Bertz CT molecular complexity index is 331. The topological polar surface area (TPSA) is 143 Å². The van der Waals surface area contributed by atoms with Gasteiger partial charge in [-0.2, -0.15) is 0 Å². The maximum Gasteiger partial charge on any atom is 0.329 e. The third-order valence-corrected chi connectivity index (χ3v) is 2.50. The summed E-state index contributed by atoms with van der Waals surface area (Å²) in [4.78, 5) is 21.3. The van der Waals surface area contributed by atoms with Crippen LogP contribution in [-0.2, 0) is 23.8 Å². The Morgan fingerprint density at radius 3 is 2.37 bits per heavy atom. The monoisotopic (exact) mass is 280 g/mol. The number of hydrogen-bond donors (Lipinski definition) is 4. The van der Waals surface area contributed by atoms with E-state index in [-0.39, 0.29) is 0 Å². The molecule has 1 fully saturated rings. The molecule has 0 aromatic rings. The number of aliphatic hydroxyl groups excluding tert-OH is 3. The highest BCUT2D eigenvalue weighted by molar-refractivity contribution is 5.68. The molecule has 110 valence electrons. The first-order valence-corrected chi connectivity index (χ1v) is 5.50. The van der Waals surface area contributed by atoms with Gasteiger partial charge in [0.25, 0.3) is 0 Å². The number of aliphatic hydroxyl groups is 3. The zero-order valence-electron chi connectivity index (χ0n) is 10.1. The van der Waals surface area contributed by atoms with Crippen LogP contribution >= 0.6 is 0 Å². The molecule has 0 aliphatic carbocycles. The van der Waals surface area contributed by atoms with Crippen LogP contribution in [0.3, 0.4) is 0 Å². The van der Waals surface area contributed by atoms with Crippen LogP contribution < -0.4 is 0 Å². The maximum atomic E-state index is 10.9. The van der Waals surface area contributed by atoms with Gasteiger partial charge in [-0.1, -0.05) is 0 Å². The molecule has 1 saturated heterocycles. The van der Waals surface area contributed by atoms with Gasteiger partial charge in [-0.05, 0) is 0 Å². The normalized spacial score (nSPS) is 34.8. The molecule has 0 aromatic heterocycles. The van der Waals surface area contributed by atoms with Crippen molar-refractivity contribution < 1.29 is 44.2 Å².